The Kier molecular flexibility index (Phi) is 11.4. The summed E-state index contributed by atoms with van der Waals surface area (Å²) in [6.07, 6.45) is 3.95. The van der Waals surface area contributed by atoms with Gasteiger partial charge in [0.15, 0.2) is 0 Å². The molecule has 0 atom stereocenters. The van der Waals surface area contributed by atoms with Crippen molar-refractivity contribution in [2.45, 2.75) is 39.5 Å². The van der Waals surface area contributed by atoms with Crippen LogP contribution in [0.5, 0.6) is 0 Å². The number of hydrogen-bond donors (Lipinski definition) is 2. The summed E-state index contributed by atoms with van der Waals surface area (Å²) in [5, 5.41) is 9.38. The SMILES string of the molecule is CCN=C([S-])N/N=C1\CCCC\C1=N/NC([S-])=NCC.[Cu+2]. The van der Waals surface area contributed by atoms with Crippen LogP contribution in [0.25, 0.3) is 0 Å². The predicted molar refractivity (Wildman–Crippen MR) is 90.3 cm³/mol. The maximum Gasteiger partial charge on any atom is 2.00 e. The minimum Gasteiger partial charge on any atom is -0.741 e. The Morgan fingerprint density at radius 1 is 0.905 bits per heavy atom. The molecule has 1 fully saturated rings. The molecule has 1 saturated carbocycles. The fourth-order valence-electron chi connectivity index (χ4n) is 1.70. The first-order chi connectivity index (χ1) is 9.67. The maximum atomic E-state index is 5.02. The van der Waals surface area contributed by atoms with Crippen molar-refractivity contribution in [1.82, 2.24) is 10.9 Å². The van der Waals surface area contributed by atoms with Gasteiger partial charge in [0, 0.05) is 13.1 Å². The molecular weight excluding hydrogens is 356 g/mol. The third kappa shape index (κ3) is 8.30. The summed E-state index contributed by atoms with van der Waals surface area (Å²) in [6, 6.07) is 0. The molecule has 0 amide bonds. The number of rotatable bonds is 4. The molecule has 0 spiro atoms. The van der Waals surface area contributed by atoms with Crippen LogP contribution in [0.1, 0.15) is 39.5 Å². The zero-order valence-corrected chi connectivity index (χ0v) is 14.7. The second-order valence-corrected chi connectivity index (χ2v) is 4.88. The first-order valence-electron chi connectivity index (χ1n) is 6.75. The van der Waals surface area contributed by atoms with Gasteiger partial charge in [0.2, 0.25) is 0 Å². The van der Waals surface area contributed by atoms with E-state index in [1.165, 1.54) is 0 Å². The molecule has 0 bridgehead atoms. The Hall–Kier alpha value is -0.761. The number of amidine groups is 2. The van der Waals surface area contributed by atoms with Crippen molar-refractivity contribution in [2.75, 3.05) is 13.1 Å². The molecule has 0 aromatic rings. The van der Waals surface area contributed by atoms with Crippen molar-refractivity contribution >= 4 is 47.0 Å². The molecule has 0 saturated heterocycles. The Morgan fingerprint density at radius 3 is 1.62 bits per heavy atom. The number of hydrogen-bond acceptors (Lipinski definition) is 6. The Bertz CT molecular complexity index is 393. The molecule has 1 aliphatic carbocycles. The average Bonchev–Trinajstić information content (AvgIpc) is 2.44. The van der Waals surface area contributed by atoms with Crippen LogP contribution in [-0.4, -0.2) is 34.8 Å². The van der Waals surface area contributed by atoms with Crippen LogP contribution in [0.15, 0.2) is 20.2 Å². The third-order valence-electron chi connectivity index (χ3n) is 2.59. The maximum absolute atomic E-state index is 5.02. The molecule has 0 unspecified atom stereocenters. The quantitative estimate of drug-likeness (QED) is 0.255. The van der Waals surface area contributed by atoms with E-state index >= 15 is 0 Å². The van der Waals surface area contributed by atoms with E-state index in [0.717, 1.165) is 37.1 Å². The summed E-state index contributed by atoms with van der Waals surface area (Å²) in [5.41, 5.74) is 7.37. The van der Waals surface area contributed by atoms with Crippen molar-refractivity contribution in [3.05, 3.63) is 0 Å². The minimum absolute atomic E-state index is 0. The standard InChI is InChI=1S/C12H22N6S2.Cu/c1-3-13-11(19)17-15-9-7-5-6-8-10(9)16-18-12(20)14-4-2;/h3-8H2,1-2H3,(H2,13,17,19)(H2,14,18,20);/q;+2/p-2/b15-9+,16-10+;. The fourth-order valence-corrected chi connectivity index (χ4v) is 2.05. The van der Waals surface area contributed by atoms with Crippen LogP contribution in [0, 0.1) is 0 Å². The summed E-state index contributed by atoms with van der Waals surface area (Å²) >= 11 is 10.0. The van der Waals surface area contributed by atoms with Crippen LogP contribution in [0.2, 0.25) is 0 Å². The van der Waals surface area contributed by atoms with E-state index in [9.17, 15) is 0 Å². The van der Waals surface area contributed by atoms with Gasteiger partial charge >= 0.3 is 17.1 Å². The van der Waals surface area contributed by atoms with Crippen molar-refractivity contribution in [2.24, 2.45) is 20.2 Å². The minimum atomic E-state index is 0. The molecule has 121 valence electrons. The topological polar surface area (TPSA) is 73.5 Å². The van der Waals surface area contributed by atoms with E-state index in [1.807, 2.05) is 13.8 Å². The second-order valence-electron chi connectivity index (χ2n) is 4.11. The van der Waals surface area contributed by atoms with E-state index in [4.69, 9.17) is 25.3 Å². The molecule has 1 rings (SSSR count). The van der Waals surface area contributed by atoms with Gasteiger partial charge in [0.1, 0.15) is 0 Å². The van der Waals surface area contributed by atoms with Crippen LogP contribution in [-0.2, 0) is 42.3 Å². The van der Waals surface area contributed by atoms with E-state index in [-0.39, 0.29) is 17.1 Å². The normalized spacial score (nSPS) is 20.3. The van der Waals surface area contributed by atoms with Gasteiger partial charge in [0.25, 0.3) is 0 Å². The van der Waals surface area contributed by atoms with Crippen molar-refractivity contribution in [3.63, 3.8) is 0 Å². The number of nitrogens with zero attached hydrogens (tertiary/aromatic N) is 4. The second kappa shape index (κ2) is 11.9. The van der Waals surface area contributed by atoms with Gasteiger partial charge in [-0.3, -0.25) is 20.8 Å². The molecule has 1 aliphatic rings. The molecule has 2 N–H and O–H groups in total. The van der Waals surface area contributed by atoms with Crippen molar-refractivity contribution < 1.29 is 17.1 Å². The summed E-state index contributed by atoms with van der Waals surface area (Å²) in [6.45, 7) is 5.14. The zero-order valence-electron chi connectivity index (χ0n) is 12.1. The fraction of sp³-hybridized carbons (Fsp3) is 0.667. The molecule has 0 heterocycles. The van der Waals surface area contributed by atoms with Gasteiger partial charge in [-0.05, 0) is 49.9 Å². The third-order valence-corrected chi connectivity index (χ3v) is 3.03. The Labute approximate surface area is 147 Å². The summed E-state index contributed by atoms with van der Waals surface area (Å²) in [4.78, 5) is 8.11. The van der Waals surface area contributed by atoms with E-state index in [2.05, 4.69) is 31.0 Å². The molecule has 1 radical (unpaired) electrons. The van der Waals surface area contributed by atoms with Gasteiger partial charge in [0.05, 0.1) is 11.4 Å². The van der Waals surface area contributed by atoms with E-state index < -0.39 is 0 Å². The molecule has 21 heavy (non-hydrogen) atoms. The summed E-state index contributed by atoms with van der Waals surface area (Å²) < 4.78 is 0. The monoisotopic (exact) mass is 375 g/mol. The van der Waals surface area contributed by atoms with Gasteiger partial charge in [-0.2, -0.15) is 10.2 Å². The first-order valence-corrected chi connectivity index (χ1v) is 7.57. The van der Waals surface area contributed by atoms with Crippen molar-refractivity contribution in [1.29, 1.82) is 0 Å². The zero-order chi connectivity index (χ0) is 14.8. The molecular formula is C12H20CuN6S2. The van der Waals surface area contributed by atoms with Gasteiger partial charge < -0.3 is 25.3 Å². The molecule has 0 aliphatic heterocycles. The van der Waals surface area contributed by atoms with Crippen LogP contribution in [0.4, 0.5) is 0 Å². The molecule has 0 aromatic heterocycles. The van der Waals surface area contributed by atoms with E-state index in [0.29, 0.717) is 23.4 Å². The predicted octanol–water partition coefficient (Wildman–Crippen LogP) is 1.29. The Morgan fingerprint density at radius 2 is 1.29 bits per heavy atom. The summed E-state index contributed by atoms with van der Waals surface area (Å²) in [5.74, 6) is 0. The average molecular weight is 376 g/mol. The van der Waals surface area contributed by atoms with Gasteiger partial charge in [-0.1, -0.05) is 0 Å². The van der Waals surface area contributed by atoms with Crippen molar-refractivity contribution in [3.8, 4) is 0 Å². The molecule has 0 aromatic carbocycles. The summed E-state index contributed by atoms with van der Waals surface area (Å²) in [7, 11) is 0. The number of hydrazone groups is 2. The largest absolute Gasteiger partial charge is 2.00 e. The first kappa shape index (κ1) is 20.2. The number of aliphatic imine (C=N–C) groups is 2. The van der Waals surface area contributed by atoms with Gasteiger partial charge in [-0.25, -0.2) is 0 Å². The molecule has 9 heteroatoms. The van der Waals surface area contributed by atoms with E-state index in [1.54, 1.807) is 0 Å². The smallest absolute Gasteiger partial charge is 0.741 e. The van der Waals surface area contributed by atoms with Gasteiger partial charge in [-0.15, -0.1) is 0 Å². The molecule has 6 nitrogen and oxygen atoms in total. The Balaban J connectivity index is 0.00000400. The number of nitrogens with one attached hydrogen (secondary N) is 2. The van der Waals surface area contributed by atoms with Crippen LogP contribution >= 0.6 is 0 Å². The van der Waals surface area contributed by atoms with Crippen LogP contribution < -0.4 is 10.9 Å². The van der Waals surface area contributed by atoms with Crippen LogP contribution in [0.3, 0.4) is 0 Å².